The topological polar surface area (TPSA) is 25.8 Å². The summed E-state index contributed by atoms with van der Waals surface area (Å²) in [4.78, 5) is 0. The summed E-state index contributed by atoms with van der Waals surface area (Å²) in [7, 11) is 0. The number of nitrogens with zero attached hydrogens (tertiary/aromatic N) is 2. The molecule has 1 fully saturated rings. The minimum absolute atomic E-state index is 0.359. The zero-order valence-corrected chi connectivity index (χ0v) is 6.74. The maximum Gasteiger partial charge on any atom is 0.178 e. The third-order valence-electron chi connectivity index (χ3n) is 2.30. The molecule has 0 aromatic carbocycles. The van der Waals surface area contributed by atoms with E-state index in [1.165, 1.54) is 24.3 Å². The molecule has 53 valence electrons. The molecule has 3 heteroatoms. The van der Waals surface area contributed by atoms with E-state index >= 15 is 0 Å². The van der Waals surface area contributed by atoms with Crippen molar-refractivity contribution in [2.75, 3.05) is 0 Å². The SMILES string of the molecule is CC1(c2nn[c]s2)CCC1. The predicted octanol–water partition coefficient (Wildman–Crippen LogP) is 1.78. The fourth-order valence-electron chi connectivity index (χ4n) is 1.31. The van der Waals surface area contributed by atoms with Crippen molar-refractivity contribution in [2.24, 2.45) is 0 Å². The van der Waals surface area contributed by atoms with Crippen molar-refractivity contribution in [3.8, 4) is 0 Å². The van der Waals surface area contributed by atoms with Crippen LogP contribution in [0.15, 0.2) is 0 Å². The number of rotatable bonds is 1. The van der Waals surface area contributed by atoms with Crippen molar-refractivity contribution in [3.63, 3.8) is 0 Å². The molecule has 0 atom stereocenters. The smallest absolute Gasteiger partial charge is 0.142 e. The lowest BCUT2D eigenvalue weighted by molar-refractivity contribution is 0.269. The van der Waals surface area contributed by atoms with Crippen LogP contribution in [0.1, 0.15) is 31.2 Å². The number of hydrogen-bond donors (Lipinski definition) is 0. The maximum absolute atomic E-state index is 4.02. The Morgan fingerprint density at radius 2 is 2.40 bits per heavy atom. The van der Waals surface area contributed by atoms with Gasteiger partial charge in [0.25, 0.3) is 0 Å². The minimum Gasteiger partial charge on any atom is -0.142 e. The Morgan fingerprint density at radius 1 is 1.60 bits per heavy atom. The van der Waals surface area contributed by atoms with Gasteiger partial charge in [0.15, 0.2) is 5.51 Å². The summed E-state index contributed by atoms with van der Waals surface area (Å²) in [5.74, 6) is 0. The van der Waals surface area contributed by atoms with Crippen molar-refractivity contribution in [1.29, 1.82) is 0 Å². The molecule has 1 saturated carbocycles. The molecule has 10 heavy (non-hydrogen) atoms. The van der Waals surface area contributed by atoms with Crippen LogP contribution in [-0.2, 0) is 5.41 Å². The van der Waals surface area contributed by atoms with Gasteiger partial charge in [0.2, 0.25) is 0 Å². The van der Waals surface area contributed by atoms with Crippen molar-refractivity contribution in [2.45, 2.75) is 31.6 Å². The number of hydrogen-bond acceptors (Lipinski definition) is 3. The Hall–Kier alpha value is -0.440. The number of aromatic nitrogens is 2. The first kappa shape index (κ1) is 6.28. The van der Waals surface area contributed by atoms with Gasteiger partial charge >= 0.3 is 0 Å². The normalized spacial score (nSPS) is 22.1. The van der Waals surface area contributed by atoms with Crippen molar-refractivity contribution < 1.29 is 0 Å². The first-order valence-corrected chi connectivity index (χ1v) is 4.33. The average Bonchev–Trinajstić information content (AvgIpc) is 2.33. The van der Waals surface area contributed by atoms with Gasteiger partial charge in [0.05, 0.1) is 0 Å². The summed E-state index contributed by atoms with van der Waals surface area (Å²) in [5.41, 5.74) is 3.14. The van der Waals surface area contributed by atoms with Gasteiger partial charge in [0.1, 0.15) is 5.01 Å². The summed E-state index contributed by atoms with van der Waals surface area (Å²) in [6.07, 6.45) is 3.89. The lowest BCUT2D eigenvalue weighted by atomic mass is 9.71. The maximum atomic E-state index is 4.02. The van der Waals surface area contributed by atoms with Crippen LogP contribution in [0.2, 0.25) is 0 Å². The highest BCUT2D eigenvalue weighted by molar-refractivity contribution is 7.08. The largest absolute Gasteiger partial charge is 0.178 e. The Kier molecular flexibility index (Phi) is 1.27. The van der Waals surface area contributed by atoms with Gasteiger partial charge in [-0.25, -0.2) is 0 Å². The fraction of sp³-hybridized carbons (Fsp3) is 0.714. The van der Waals surface area contributed by atoms with Gasteiger partial charge in [-0.1, -0.05) is 24.7 Å². The van der Waals surface area contributed by atoms with Crippen LogP contribution in [0.3, 0.4) is 0 Å². The Bertz CT molecular complexity index is 214. The van der Waals surface area contributed by atoms with Gasteiger partial charge < -0.3 is 0 Å². The molecule has 2 rings (SSSR count). The first-order valence-electron chi connectivity index (χ1n) is 3.51. The van der Waals surface area contributed by atoms with Crippen molar-refractivity contribution >= 4 is 11.3 Å². The standard InChI is InChI=1S/C7H9N2S/c1-7(3-2-4-7)6-9-8-5-10-6/h2-4H2,1H3. The van der Waals surface area contributed by atoms with Crippen LogP contribution in [0.5, 0.6) is 0 Å². The highest BCUT2D eigenvalue weighted by atomic mass is 32.1. The van der Waals surface area contributed by atoms with E-state index in [0.29, 0.717) is 5.41 Å². The van der Waals surface area contributed by atoms with E-state index < -0.39 is 0 Å². The lowest BCUT2D eigenvalue weighted by Gasteiger charge is -2.35. The molecule has 1 aromatic heterocycles. The highest BCUT2D eigenvalue weighted by Crippen LogP contribution is 2.43. The van der Waals surface area contributed by atoms with Crippen LogP contribution in [0.25, 0.3) is 0 Å². The molecule has 0 spiro atoms. The summed E-state index contributed by atoms with van der Waals surface area (Å²) in [6, 6.07) is 0. The van der Waals surface area contributed by atoms with E-state index in [1.54, 1.807) is 11.3 Å². The second-order valence-electron chi connectivity index (χ2n) is 3.11. The molecule has 1 aliphatic carbocycles. The van der Waals surface area contributed by atoms with E-state index in [-0.39, 0.29) is 0 Å². The molecule has 0 N–H and O–H groups in total. The van der Waals surface area contributed by atoms with Crippen molar-refractivity contribution in [3.05, 3.63) is 10.5 Å². The van der Waals surface area contributed by atoms with Gasteiger partial charge in [0, 0.05) is 5.41 Å². The molecule has 0 aliphatic heterocycles. The molecule has 1 aliphatic rings. The van der Waals surface area contributed by atoms with Gasteiger partial charge in [-0.2, -0.15) is 0 Å². The van der Waals surface area contributed by atoms with Gasteiger partial charge in [-0.3, -0.25) is 0 Å². The van der Waals surface area contributed by atoms with E-state index in [1.807, 2.05) is 0 Å². The van der Waals surface area contributed by atoms with Crippen LogP contribution in [0, 0.1) is 5.51 Å². The molecule has 0 amide bonds. The average molecular weight is 153 g/mol. The quantitative estimate of drug-likeness (QED) is 0.614. The zero-order chi connectivity index (χ0) is 7.03. The second kappa shape index (κ2) is 2.02. The molecule has 1 aromatic rings. The summed E-state index contributed by atoms with van der Waals surface area (Å²) >= 11 is 1.56. The van der Waals surface area contributed by atoms with E-state index in [0.717, 1.165) is 0 Å². The van der Waals surface area contributed by atoms with Crippen LogP contribution in [0.4, 0.5) is 0 Å². The van der Waals surface area contributed by atoms with E-state index in [2.05, 4.69) is 22.6 Å². The van der Waals surface area contributed by atoms with Gasteiger partial charge in [-0.15, -0.1) is 10.2 Å². The molecule has 1 heterocycles. The molecular formula is C7H9N2S. The minimum atomic E-state index is 0.359. The van der Waals surface area contributed by atoms with Crippen molar-refractivity contribution in [1.82, 2.24) is 10.2 Å². The summed E-state index contributed by atoms with van der Waals surface area (Å²) < 4.78 is 0. The van der Waals surface area contributed by atoms with E-state index in [4.69, 9.17) is 0 Å². The third kappa shape index (κ3) is 0.770. The monoisotopic (exact) mass is 153 g/mol. The van der Waals surface area contributed by atoms with E-state index in [9.17, 15) is 0 Å². The molecule has 2 nitrogen and oxygen atoms in total. The third-order valence-corrected chi connectivity index (χ3v) is 3.24. The molecule has 0 bridgehead atoms. The summed E-state index contributed by atoms with van der Waals surface area (Å²) in [6.45, 7) is 2.25. The molecule has 0 unspecified atom stereocenters. The van der Waals surface area contributed by atoms with Crippen LogP contribution >= 0.6 is 11.3 Å². The molecule has 1 radical (unpaired) electrons. The first-order chi connectivity index (χ1) is 4.81. The summed E-state index contributed by atoms with van der Waals surface area (Å²) in [5, 5.41) is 8.90. The van der Waals surface area contributed by atoms with Gasteiger partial charge in [-0.05, 0) is 12.8 Å². The zero-order valence-electron chi connectivity index (χ0n) is 5.92. The predicted molar refractivity (Wildman–Crippen MR) is 39.9 cm³/mol. The van der Waals surface area contributed by atoms with Crippen LogP contribution in [-0.4, -0.2) is 10.2 Å². The molecular weight excluding hydrogens is 144 g/mol. The lowest BCUT2D eigenvalue weighted by Crippen LogP contribution is -2.30. The molecule has 0 saturated heterocycles. The fourth-order valence-corrected chi connectivity index (χ4v) is 2.02. The van der Waals surface area contributed by atoms with Crippen LogP contribution < -0.4 is 0 Å². The highest BCUT2D eigenvalue weighted by Gasteiger charge is 2.36. The second-order valence-corrected chi connectivity index (χ2v) is 3.89. The Morgan fingerprint density at radius 3 is 2.80 bits per heavy atom. The Labute approximate surface area is 64.3 Å². The Balaban J connectivity index is 2.27.